The quantitative estimate of drug-likeness (QED) is 0.747. The first-order chi connectivity index (χ1) is 11.1. The number of carbonyl (C=O) groups excluding carboxylic acids is 1. The molecule has 1 amide bonds. The number of benzene rings is 1. The van der Waals surface area contributed by atoms with Crippen molar-refractivity contribution in [3.05, 3.63) is 70.1 Å². The van der Waals surface area contributed by atoms with Gasteiger partial charge in [0.2, 0.25) is 5.91 Å². The van der Waals surface area contributed by atoms with E-state index in [1.807, 2.05) is 60.1 Å². The molecule has 118 valence electrons. The van der Waals surface area contributed by atoms with Crippen molar-refractivity contribution in [3.8, 4) is 0 Å². The molecule has 0 spiro atoms. The third-order valence-corrected chi connectivity index (χ3v) is 4.25. The van der Waals surface area contributed by atoms with Gasteiger partial charge >= 0.3 is 0 Å². The van der Waals surface area contributed by atoms with Crippen molar-refractivity contribution in [1.29, 1.82) is 0 Å². The van der Waals surface area contributed by atoms with Gasteiger partial charge in [-0.25, -0.2) is 4.98 Å². The molecule has 2 heterocycles. The molecule has 1 aromatic carbocycles. The number of imidazole rings is 1. The van der Waals surface area contributed by atoms with E-state index in [9.17, 15) is 4.79 Å². The number of pyridine rings is 1. The Morgan fingerprint density at radius 3 is 2.87 bits per heavy atom. The number of aryl methyl sites for hydroxylation is 1. The topological polar surface area (TPSA) is 46.4 Å². The third-order valence-electron chi connectivity index (χ3n) is 3.78. The Kier molecular flexibility index (Phi) is 4.76. The number of aromatic nitrogens is 2. The van der Waals surface area contributed by atoms with Crippen molar-refractivity contribution in [2.75, 3.05) is 6.54 Å². The van der Waals surface area contributed by atoms with Gasteiger partial charge in [0.25, 0.3) is 0 Å². The molecule has 0 saturated heterocycles. The van der Waals surface area contributed by atoms with Crippen molar-refractivity contribution in [1.82, 2.24) is 14.7 Å². The highest BCUT2D eigenvalue weighted by molar-refractivity contribution is 9.10. The lowest BCUT2D eigenvalue weighted by Gasteiger charge is -2.06. The van der Waals surface area contributed by atoms with E-state index in [2.05, 4.69) is 26.2 Å². The van der Waals surface area contributed by atoms with Gasteiger partial charge in [0, 0.05) is 29.8 Å². The second kappa shape index (κ2) is 6.96. The molecule has 3 rings (SSSR count). The molecule has 0 bridgehead atoms. The van der Waals surface area contributed by atoms with Crippen molar-refractivity contribution in [2.24, 2.45) is 0 Å². The summed E-state index contributed by atoms with van der Waals surface area (Å²) in [5.41, 5.74) is 4.10. The van der Waals surface area contributed by atoms with E-state index in [0.717, 1.165) is 33.4 Å². The zero-order valence-corrected chi connectivity index (χ0v) is 14.5. The van der Waals surface area contributed by atoms with Crippen molar-refractivity contribution in [3.63, 3.8) is 0 Å². The Balaban J connectivity index is 1.54. The molecule has 4 nitrogen and oxygen atoms in total. The van der Waals surface area contributed by atoms with Gasteiger partial charge in [-0.05, 0) is 46.1 Å². The first-order valence-corrected chi connectivity index (χ1v) is 8.35. The fraction of sp³-hybridized carbons (Fsp3) is 0.222. The molecular formula is C18H18BrN3O. The molecule has 0 radical (unpaired) electrons. The average molecular weight is 372 g/mol. The van der Waals surface area contributed by atoms with Crippen LogP contribution in [0, 0.1) is 6.92 Å². The number of nitrogens with zero attached hydrogens (tertiary/aromatic N) is 2. The lowest BCUT2D eigenvalue weighted by molar-refractivity contribution is -0.120. The first-order valence-electron chi connectivity index (χ1n) is 7.56. The summed E-state index contributed by atoms with van der Waals surface area (Å²) in [6, 6.07) is 11.9. The van der Waals surface area contributed by atoms with E-state index in [1.54, 1.807) is 0 Å². The van der Waals surface area contributed by atoms with Crippen molar-refractivity contribution in [2.45, 2.75) is 19.8 Å². The second-order valence-corrected chi connectivity index (χ2v) is 6.46. The van der Waals surface area contributed by atoms with Gasteiger partial charge in [-0.1, -0.05) is 24.3 Å². The first kappa shape index (κ1) is 15.7. The van der Waals surface area contributed by atoms with Crippen molar-refractivity contribution < 1.29 is 4.79 Å². The van der Waals surface area contributed by atoms with Crippen LogP contribution in [0.1, 0.15) is 16.8 Å². The lowest BCUT2D eigenvalue weighted by atomic mass is 10.1. The molecule has 0 aliphatic carbocycles. The van der Waals surface area contributed by atoms with Crippen LogP contribution in [0.25, 0.3) is 5.65 Å². The number of hydrogen-bond acceptors (Lipinski definition) is 2. The van der Waals surface area contributed by atoms with Gasteiger partial charge in [-0.2, -0.15) is 0 Å². The summed E-state index contributed by atoms with van der Waals surface area (Å²) in [5.74, 6) is 0.0470. The molecule has 0 fully saturated rings. The fourth-order valence-corrected chi connectivity index (χ4v) is 2.86. The monoisotopic (exact) mass is 371 g/mol. The van der Waals surface area contributed by atoms with Gasteiger partial charge in [-0.15, -0.1) is 0 Å². The van der Waals surface area contributed by atoms with Crippen molar-refractivity contribution >= 4 is 27.5 Å². The highest BCUT2D eigenvalue weighted by Crippen LogP contribution is 2.12. The predicted molar refractivity (Wildman–Crippen MR) is 94.5 cm³/mol. The van der Waals surface area contributed by atoms with Crippen LogP contribution in [0.2, 0.25) is 0 Å². The van der Waals surface area contributed by atoms with Crippen LogP contribution in [-0.4, -0.2) is 21.8 Å². The molecule has 5 heteroatoms. The van der Waals surface area contributed by atoms with Gasteiger partial charge in [0.1, 0.15) is 5.65 Å². The zero-order valence-electron chi connectivity index (χ0n) is 12.9. The van der Waals surface area contributed by atoms with Gasteiger partial charge in [0.05, 0.1) is 12.1 Å². The van der Waals surface area contributed by atoms with E-state index in [1.165, 1.54) is 0 Å². The smallest absolute Gasteiger partial charge is 0.224 e. The molecule has 0 aliphatic heterocycles. The minimum atomic E-state index is 0.0470. The molecule has 0 atom stereocenters. The molecule has 0 unspecified atom stereocenters. The maximum absolute atomic E-state index is 12.0. The standard InChI is InChI=1S/C18H18BrN3O/c1-13-4-2-3-5-14(13)10-18(23)20-9-8-16-12-22-11-15(19)6-7-17(22)21-16/h2-7,11-12H,8-10H2,1H3,(H,20,23). The minimum Gasteiger partial charge on any atom is -0.355 e. The zero-order chi connectivity index (χ0) is 16.2. The molecule has 2 aromatic heterocycles. The summed E-state index contributed by atoms with van der Waals surface area (Å²) < 4.78 is 3.00. The Hall–Kier alpha value is -2.14. The van der Waals surface area contributed by atoms with Crippen LogP contribution in [0.15, 0.2) is 53.3 Å². The summed E-state index contributed by atoms with van der Waals surface area (Å²) in [7, 11) is 0. The number of amides is 1. The van der Waals surface area contributed by atoms with Crippen LogP contribution in [-0.2, 0) is 17.6 Å². The molecule has 0 aliphatic rings. The number of hydrogen-bond donors (Lipinski definition) is 1. The van der Waals surface area contributed by atoms with Crippen LogP contribution in [0.4, 0.5) is 0 Å². The molecule has 1 N–H and O–H groups in total. The molecule has 0 saturated carbocycles. The fourth-order valence-electron chi connectivity index (χ4n) is 2.51. The molecular weight excluding hydrogens is 354 g/mol. The second-order valence-electron chi connectivity index (χ2n) is 5.55. The SMILES string of the molecule is Cc1ccccc1CC(=O)NCCc1cn2cc(Br)ccc2n1. The number of fused-ring (bicyclic) bond motifs is 1. The Morgan fingerprint density at radius 2 is 2.04 bits per heavy atom. The normalized spacial score (nSPS) is 10.9. The summed E-state index contributed by atoms with van der Waals surface area (Å²) in [6.07, 6.45) is 5.11. The number of nitrogens with one attached hydrogen (secondary N) is 1. The van der Waals surface area contributed by atoms with E-state index < -0.39 is 0 Å². The number of rotatable bonds is 5. The average Bonchev–Trinajstić information content (AvgIpc) is 2.91. The van der Waals surface area contributed by atoms with Gasteiger partial charge in [0.15, 0.2) is 0 Å². The van der Waals surface area contributed by atoms with Crippen LogP contribution in [0.3, 0.4) is 0 Å². The predicted octanol–water partition coefficient (Wildman–Crippen LogP) is 3.31. The van der Waals surface area contributed by atoms with E-state index in [-0.39, 0.29) is 5.91 Å². The van der Waals surface area contributed by atoms with E-state index in [0.29, 0.717) is 13.0 Å². The molecule has 23 heavy (non-hydrogen) atoms. The maximum atomic E-state index is 12.0. The third kappa shape index (κ3) is 3.99. The summed E-state index contributed by atoms with van der Waals surface area (Å²) in [4.78, 5) is 16.6. The Labute approximate surface area is 143 Å². The Bertz CT molecular complexity index is 841. The maximum Gasteiger partial charge on any atom is 0.224 e. The van der Waals surface area contributed by atoms with E-state index in [4.69, 9.17) is 0 Å². The van der Waals surface area contributed by atoms with Crippen LogP contribution < -0.4 is 5.32 Å². The van der Waals surface area contributed by atoms with Crippen LogP contribution >= 0.6 is 15.9 Å². The number of halogens is 1. The van der Waals surface area contributed by atoms with Gasteiger partial charge in [-0.3, -0.25) is 4.79 Å². The van der Waals surface area contributed by atoms with Crippen LogP contribution in [0.5, 0.6) is 0 Å². The largest absolute Gasteiger partial charge is 0.355 e. The number of carbonyl (C=O) groups is 1. The minimum absolute atomic E-state index is 0.0470. The molecule has 3 aromatic rings. The lowest BCUT2D eigenvalue weighted by Crippen LogP contribution is -2.27. The highest BCUT2D eigenvalue weighted by Gasteiger charge is 2.06. The summed E-state index contributed by atoms with van der Waals surface area (Å²) in [6.45, 7) is 2.62. The van der Waals surface area contributed by atoms with Gasteiger partial charge < -0.3 is 9.72 Å². The highest BCUT2D eigenvalue weighted by atomic mass is 79.9. The summed E-state index contributed by atoms with van der Waals surface area (Å²) in [5, 5.41) is 2.97. The van der Waals surface area contributed by atoms with E-state index >= 15 is 0 Å². The summed E-state index contributed by atoms with van der Waals surface area (Å²) >= 11 is 3.45. The Morgan fingerprint density at radius 1 is 1.22 bits per heavy atom.